The second kappa shape index (κ2) is 4.87. The lowest BCUT2D eigenvalue weighted by Crippen LogP contribution is -2.07. The van der Waals surface area contributed by atoms with Crippen LogP contribution < -0.4 is 5.32 Å². The lowest BCUT2D eigenvalue weighted by atomic mass is 10.1. The van der Waals surface area contributed by atoms with Crippen LogP contribution in [0.2, 0.25) is 0 Å². The summed E-state index contributed by atoms with van der Waals surface area (Å²) in [5, 5.41) is 4.48. The standard InChI is InChI=1S/C14H16N2/c1-3-4-9-16-10-8-12-6-5-7-13(11-15-2)14(12)16/h5-8,10,15H,9,11H2,1-2H3. The van der Waals surface area contributed by atoms with Crippen LogP contribution in [0.15, 0.2) is 30.5 Å². The molecule has 0 fully saturated rings. The SMILES string of the molecule is CC#CCn1ccc2cccc(CNC)c21. The third kappa shape index (κ3) is 1.95. The maximum atomic E-state index is 3.20. The Morgan fingerprint density at radius 3 is 2.94 bits per heavy atom. The molecule has 0 unspecified atom stereocenters. The number of rotatable bonds is 3. The summed E-state index contributed by atoms with van der Waals surface area (Å²) in [4.78, 5) is 0. The molecule has 2 aromatic rings. The molecule has 0 radical (unpaired) electrons. The summed E-state index contributed by atoms with van der Waals surface area (Å²) in [5.74, 6) is 6.04. The third-order valence-electron chi connectivity index (χ3n) is 2.67. The average Bonchev–Trinajstić information content (AvgIpc) is 2.71. The first-order chi connectivity index (χ1) is 7.86. The molecule has 0 aliphatic carbocycles. The number of hydrogen-bond donors (Lipinski definition) is 1. The molecule has 0 aliphatic rings. The van der Waals surface area contributed by atoms with E-state index in [1.807, 2.05) is 14.0 Å². The minimum atomic E-state index is 0.765. The van der Waals surface area contributed by atoms with Crippen molar-refractivity contribution in [2.75, 3.05) is 7.05 Å². The number of benzene rings is 1. The number of nitrogens with zero attached hydrogens (tertiary/aromatic N) is 1. The summed E-state index contributed by atoms with van der Waals surface area (Å²) in [6.45, 7) is 3.53. The second-order valence-electron chi connectivity index (χ2n) is 3.76. The van der Waals surface area contributed by atoms with E-state index in [0.29, 0.717) is 0 Å². The Balaban J connectivity index is 2.52. The summed E-state index contributed by atoms with van der Waals surface area (Å²) in [7, 11) is 1.97. The van der Waals surface area contributed by atoms with Gasteiger partial charge < -0.3 is 9.88 Å². The first kappa shape index (κ1) is 10.8. The molecule has 1 aromatic carbocycles. The van der Waals surface area contributed by atoms with Crippen molar-refractivity contribution in [3.8, 4) is 11.8 Å². The highest BCUT2D eigenvalue weighted by atomic mass is 15.0. The molecule has 2 rings (SSSR count). The highest BCUT2D eigenvalue weighted by Gasteiger charge is 2.04. The van der Waals surface area contributed by atoms with Crippen molar-refractivity contribution in [2.45, 2.75) is 20.0 Å². The van der Waals surface area contributed by atoms with Gasteiger partial charge in [0.25, 0.3) is 0 Å². The lowest BCUT2D eigenvalue weighted by Gasteiger charge is -2.06. The molecule has 0 saturated heterocycles. The first-order valence-corrected chi connectivity index (χ1v) is 5.47. The maximum Gasteiger partial charge on any atom is 0.0837 e. The molecular weight excluding hydrogens is 196 g/mol. The fourth-order valence-electron chi connectivity index (χ4n) is 1.97. The molecule has 1 heterocycles. The summed E-state index contributed by atoms with van der Waals surface area (Å²) >= 11 is 0. The largest absolute Gasteiger partial charge is 0.336 e. The van der Waals surface area contributed by atoms with E-state index in [4.69, 9.17) is 0 Å². The fourth-order valence-corrected chi connectivity index (χ4v) is 1.97. The van der Waals surface area contributed by atoms with Crippen LogP contribution in [0.5, 0.6) is 0 Å². The number of aromatic nitrogens is 1. The number of para-hydroxylation sites is 1. The maximum absolute atomic E-state index is 3.20. The van der Waals surface area contributed by atoms with Crippen molar-refractivity contribution >= 4 is 10.9 Å². The van der Waals surface area contributed by atoms with E-state index < -0.39 is 0 Å². The number of nitrogens with one attached hydrogen (secondary N) is 1. The molecule has 1 N–H and O–H groups in total. The van der Waals surface area contributed by atoms with Crippen molar-refractivity contribution in [1.29, 1.82) is 0 Å². The van der Waals surface area contributed by atoms with E-state index in [2.05, 4.69) is 52.2 Å². The van der Waals surface area contributed by atoms with Gasteiger partial charge in [0.2, 0.25) is 0 Å². The second-order valence-corrected chi connectivity index (χ2v) is 3.76. The van der Waals surface area contributed by atoms with Crippen molar-refractivity contribution < 1.29 is 0 Å². The molecule has 0 bridgehead atoms. The number of fused-ring (bicyclic) bond motifs is 1. The zero-order valence-electron chi connectivity index (χ0n) is 9.75. The molecule has 0 saturated carbocycles. The van der Waals surface area contributed by atoms with Gasteiger partial charge in [-0.1, -0.05) is 24.1 Å². The van der Waals surface area contributed by atoms with Crippen LogP contribution in [0, 0.1) is 11.8 Å². The lowest BCUT2D eigenvalue weighted by molar-refractivity contribution is 0.808. The first-order valence-electron chi connectivity index (χ1n) is 5.47. The number of hydrogen-bond acceptors (Lipinski definition) is 1. The Hall–Kier alpha value is -1.72. The van der Waals surface area contributed by atoms with Crippen molar-refractivity contribution in [3.05, 3.63) is 36.0 Å². The van der Waals surface area contributed by atoms with Crippen molar-refractivity contribution in [3.63, 3.8) is 0 Å². The van der Waals surface area contributed by atoms with Crippen molar-refractivity contribution in [1.82, 2.24) is 9.88 Å². The van der Waals surface area contributed by atoms with E-state index in [9.17, 15) is 0 Å². The van der Waals surface area contributed by atoms with Gasteiger partial charge in [-0.2, -0.15) is 0 Å². The van der Waals surface area contributed by atoms with E-state index in [0.717, 1.165) is 13.1 Å². The molecule has 0 atom stereocenters. The zero-order chi connectivity index (χ0) is 11.4. The zero-order valence-corrected chi connectivity index (χ0v) is 9.75. The van der Waals surface area contributed by atoms with Crippen LogP contribution in [0.4, 0.5) is 0 Å². The van der Waals surface area contributed by atoms with Crippen LogP contribution in [-0.2, 0) is 13.1 Å². The van der Waals surface area contributed by atoms with Crippen molar-refractivity contribution in [2.24, 2.45) is 0 Å². The fraction of sp³-hybridized carbons (Fsp3) is 0.286. The van der Waals surface area contributed by atoms with Gasteiger partial charge in [-0.25, -0.2) is 0 Å². The van der Waals surface area contributed by atoms with Gasteiger partial charge in [0.15, 0.2) is 0 Å². The highest BCUT2D eigenvalue weighted by molar-refractivity contribution is 5.83. The molecule has 0 spiro atoms. The summed E-state index contributed by atoms with van der Waals surface area (Å²) in [6.07, 6.45) is 2.11. The Bertz CT molecular complexity index is 541. The molecule has 2 nitrogen and oxygen atoms in total. The molecule has 2 heteroatoms. The molecule has 82 valence electrons. The van der Waals surface area contributed by atoms with Crippen LogP contribution in [-0.4, -0.2) is 11.6 Å². The van der Waals surface area contributed by atoms with Gasteiger partial charge in [-0.3, -0.25) is 0 Å². The topological polar surface area (TPSA) is 17.0 Å². The highest BCUT2D eigenvalue weighted by Crippen LogP contribution is 2.20. The van der Waals surface area contributed by atoms with E-state index in [1.165, 1.54) is 16.5 Å². The van der Waals surface area contributed by atoms with E-state index in [1.54, 1.807) is 0 Å². The predicted octanol–water partition coefficient (Wildman–Crippen LogP) is 2.38. The van der Waals surface area contributed by atoms with Gasteiger partial charge in [0.05, 0.1) is 12.1 Å². The summed E-state index contributed by atoms with van der Waals surface area (Å²) < 4.78 is 2.21. The third-order valence-corrected chi connectivity index (χ3v) is 2.67. The normalized spacial score (nSPS) is 10.1. The Labute approximate surface area is 96.3 Å². The quantitative estimate of drug-likeness (QED) is 0.773. The van der Waals surface area contributed by atoms with E-state index in [-0.39, 0.29) is 0 Å². The van der Waals surface area contributed by atoms with Gasteiger partial charge in [0, 0.05) is 12.7 Å². The monoisotopic (exact) mass is 212 g/mol. The summed E-state index contributed by atoms with van der Waals surface area (Å²) in [6, 6.07) is 8.55. The van der Waals surface area contributed by atoms with Gasteiger partial charge >= 0.3 is 0 Å². The Morgan fingerprint density at radius 2 is 2.19 bits per heavy atom. The van der Waals surface area contributed by atoms with Crippen LogP contribution in [0.3, 0.4) is 0 Å². The van der Waals surface area contributed by atoms with Gasteiger partial charge in [0.1, 0.15) is 0 Å². The minimum absolute atomic E-state index is 0.765. The molecule has 0 amide bonds. The van der Waals surface area contributed by atoms with Crippen LogP contribution >= 0.6 is 0 Å². The minimum Gasteiger partial charge on any atom is -0.336 e. The van der Waals surface area contributed by atoms with E-state index >= 15 is 0 Å². The average molecular weight is 212 g/mol. The Morgan fingerprint density at radius 1 is 1.31 bits per heavy atom. The van der Waals surface area contributed by atoms with Crippen LogP contribution in [0.25, 0.3) is 10.9 Å². The molecule has 1 aromatic heterocycles. The molecular formula is C14H16N2. The van der Waals surface area contributed by atoms with Gasteiger partial charge in [-0.15, -0.1) is 5.92 Å². The van der Waals surface area contributed by atoms with Crippen LogP contribution in [0.1, 0.15) is 12.5 Å². The van der Waals surface area contributed by atoms with Gasteiger partial charge in [-0.05, 0) is 31.0 Å². The molecule has 16 heavy (non-hydrogen) atoms. The Kier molecular flexibility index (Phi) is 3.28. The smallest absolute Gasteiger partial charge is 0.0837 e. The molecule has 0 aliphatic heterocycles. The predicted molar refractivity (Wildman–Crippen MR) is 68.2 cm³/mol. The summed E-state index contributed by atoms with van der Waals surface area (Å²) in [5.41, 5.74) is 2.61.